The van der Waals surface area contributed by atoms with E-state index in [0.29, 0.717) is 11.1 Å². The summed E-state index contributed by atoms with van der Waals surface area (Å²) in [5.74, 6) is -3.51. The molecule has 0 aromatic carbocycles. The Hall–Kier alpha value is -3.02. The van der Waals surface area contributed by atoms with Gasteiger partial charge in [0.05, 0.1) is 18.8 Å². The van der Waals surface area contributed by atoms with Gasteiger partial charge in [-0.3, -0.25) is 19.2 Å². The predicted molar refractivity (Wildman–Crippen MR) is 138 cm³/mol. The molecule has 39 heavy (non-hydrogen) atoms. The van der Waals surface area contributed by atoms with Crippen molar-refractivity contribution < 1.29 is 53.4 Å². The summed E-state index contributed by atoms with van der Waals surface area (Å²) in [5.41, 5.74) is 0.276. The van der Waals surface area contributed by atoms with Gasteiger partial charge in [-0.1, -0.05) is 19.9 Å². The minimum absolute atomic E-state index is 0.120. The van der Waals surface area contributed by atoms with Crippen molar-refractivity contribution >= 4 is 23.9 Å². The molecule has 0 heterocycles. The number of carbonyl (C=O) groups is 4. The van der Waals surface area contributed by atoms with Crippen LogP contribution in [0.15, 0.2) is 34.1 Å². The maximum Gasteiger partial charge on any atom is 0.307 e. The Labute approximate surface area is 228 Å². The van der Waals surface area contributed by atoms with Gasteiger partial charge in [0.2, 0.25) is 0 Å². The Balaban J connectivity index is 3.01. The minimum Gasteiger partial charge on any atom is -0.458 e. The second-order valence-electron chi connectivity index (χ2n) is 10.6. The standard InChI is InChI=1S/C28H40O11/c1-13-21(34)11-24(37-16(4)31)19(12-29)9-22(35)20-10-23(36-15(3)30)14(2)25(28(20,7)8)27(39-18(6)33)26(13)38-17(5)32/h9,20-24,27,29,34-35H,10-12H2,1-8H3. The first-order valence-corrected chi connectivity index (χ1v) is 12.8. The number of fused-ring (bicyclic) bond motifs is 2. The van der Waals surface area contributed by atoms with Crippen LogP contribution in [0, 0.1) is 11.3 Å². The fourth-order valence-corrected chi connectivity index (χ4v) is 5.55. The number of aliphatic hydroxyl groups excluding tert-OH is 3. The van der Waals surface area contributed by atoms with Gasteiger partial charge >= 0.3 is 23.9 Å². The monoisotopic (exact) mass is 552 g/mol. The van der Waals surface area contributed by atoms with Crippen LogP contribution in [0.4, 0.5) is 0 Å². The van der Waals surface area contributed by atoms with Gasteiger partial charge in [0.25, 0.3) is 0 Å². The van der Waals surface area contributed by atoms with Gasteiger partial charge in [-0.2, -0.15) is 0 Å². The third-order valence-electron chi connectivity index (χ3n) is 7.37. The quantitative estimate of drug-likeness (QED) is 0.259. The van der Waals surface area contributed by atoms with Crippen LogP contribution in [-0.4, -0.2) is 76.3 Å². The molecule has 2 aliphatic carbocycles. The maximum atomic E-state index is 12.4. The molecule has 11 nitrogen and oxygen atoms in total. The summed E-state index contributed by atoms with van der Waals surface area (Å²) >= 11 is 0. The lowest BCUT2D eigenvalue weighted by Gasteiger charge is -2.48. The molecule has 0 spiro atoms. The molecule has 218 valence electrons. The van der Waals surface area contributed by atoms with E-state index in [-0.39, 0.29) is 29.7 Å². The van der Waals surface area contributed by atoms with Crippen LogP contribution in [0.5, 0.6) is 0 Å². The lowest BCUT2D eigenvalue weighted by Crippen LogP contribution is -2.48. The highest BCUT2D eigenvalue weighted by molar-refractivity contribution is 5.70. The van der Waals surface area contributed by atoms with E-state index in [1.165, 1.54) is 33.8 Å². The van der Waals surface area contributed by atoms with Crippen molar-refractivity contribution in [1.29, 1.82) is 0 Å². The molecule has 2 bridgehead atoms. The minimum atomic E-state index is -1.39. The summed E-state index contributed by atoms with van der Waals surface area (Å²) in [5, 5.41) is 32.8. The first-order chi connectivity index (χ1) is 18.0. The van der Waals surface area contributed by atoms with Crippen LogP contribution in [0.25, 0.3) is 0 Å². The van der Waals surface area contributed by atoms with E-state index < -0.39 is 72.3 Å². The van der Waals surface area contributed by atoms with Crippen molar-refractivity contribution in [3.63, 3.8) is 0 Å². The van der Waals surface area contributed by atoms with Crippen LogP contribution in [0.2, 0.25) is 0 Å². The molecule has 0 saturated carbocycles. The lowest BCUT2D eigenvalue weighted by molar-refractivity contribution is -0.152. The number of hydrogen-bond donors (Lipinski definition) is 3. The fraction of sp³-hybridized carbons (Fsp3) is 0.643. The third kappa shape index (κ3) is 7.55. The number of rotatable bonds is 5. The van der Waals surface area contributed by atoms with Crippen molar-refractivity contribution in [3.05, 3.63) is 34.1 Å². The molecule has 6 unspecified atom stereocenters. The van der Waals surface area contributed by atoms with Gasteiger partial charge in [0.1, 0.15) is 12.2 Å². The van der Waals surface area contributed by atoms with Gasteiger partial charge in [-0.15, -0.1) is 0 Å². The molecule has 0 saturated heterocycles. The van der Waals surface area contributed by atoms with E-state index in [9.17, 15) is 34.5 Å². The zero-order chi connectivity index (χ0) is 29.8. The van der Waals surface area contributed by atoms with Gasteiger partial charge < -0.3 is 34.3 Å². The number of carbonyl (C=O) groups excluding carboxylic acids is 4. The Morgan fingerprint density at radius 2 is 1.38 bits per heavy atom. The molecule has 11 heteroatoms. The molecule has 2 aliphatic rings. The van der Waals surface area contributed by atoms with Crippen LogP contribution >= 0.6 is 0 Å². The van der Waals surface area contributed by atoms with Crippen molar-refractivity contribution in [2.45, 2.75) is 98.8 Å². The van der Waals surface area contributed by atoms with Gasteiger partial charge in [0.15, 0.2) is 11.9 Å². The van der Waals surface area contributed by atoms with Crippen LogP contribution < -0.4 is 0 Å². The van der Waals surface area contributed by atoms with Crippen molar-refractivity contribution in [3.8, 4) is 0 Å². The zero-order valence-corrected chi connectivity index (χ0v) is 23.8. The zero-order valence-electron chi connectivity index (χ0n) is 23.8. The number of aliphatic hydroxyl groups is 3. The number of hydrogen-bond acceptors (Lipinski definition) is 11. The molecule has 3 N–H and O–H groups in total. The second-order valence-corrected chi connectivity index (χ2v) is 10.6. The Morgan fingerprint density at radius 3 is 1.87 bits per heavy atom. The topological polar surface area (TPSA) is 166 Å². The first-order valence-electron chi connectivity index (χ1n) is 12.8. The normalized spacial score (nSPS) is 29.4. The summed E-state index contributed by atoms with van der Waals surface area (Å²) in [4.78, 5) is 48.5. The average molecular weight is 553 g/mol. The summed E-state index contributed by atoms with van der Waals surface area (Å²) in [7, 11) is 0. The molecular formula is C28H40O11. The molecule has 0 aliphatic heterocycles. The van der Waals surface area contributed by atoms with E-state index in [1.54, 1.807) is 20.8 Å². The summed E-state index contributed by atoms with van der Waals surface area (Å²) in [6, 6.07) is 0. The molecule has 0 radical (unpaired) electrons. The van der Waals surface area contributed by atoms with Gasteiger partial charge in [0, 0.05) is 40.0 Å². The Kier molecular flexibility index (Phi) is 10.6. The lowest BCUT2D eigenvalue weighted by atomic mass is 9.60. The molecule has 0 aromatic rings. The van der Waals surface area contributed by atoms with Crippen LogP contribution in [0.3, 0.4) is 0 Å². The number of ether oxygens (including phenoxy) is 4. The summed E-state index contributed by atoms with van der Waals surface area (Å²) < 4.78 is 22.3. The second kappa shape index (κ2) is 12.9. The molecule has 2 rings (SSSR count). The molecular weight excluding hydrogens is 512 g/mol. The average Bonchev–Trinajstić information content (AvgIpc) is 2.79. The Morgan fingerprint density at radius 1 is 0.846 bits per heavy atom. The molecule has 6 atom stereocenters. The SMILES string of the molecule is CC(=O)OC1=C(C)C(O)CC(OC(C)=O)C(CO)=CC(O)C2CC(OC(C)=O)C(C)=C(C1OC(C)=O)C2(C)C. The summed E-state index contributed by atoms with van der Waals surface area (Å²) in [6.07, 6.45) is -4.61. The van der Waals surface area contributed by atoms with Crippen molar-refractivity contribution in [1.82, 2.24) is 0 Å². The highest BCUT2D eigenvalue weighted by Gasteiger charge is 2.50. The van der Waals surface area contributed by atoms with Gasteiger partial charge in [-0.25, -0.2) is 0 Å². The molecule has 0 amide bonds. The predicted octanol–water partition coefficient (Wildman–Crippen LogP) is 2.03. The van der Waals surface area contributed by atoms with E-state index in [2.05, 4.69) is 0 Å². The van der Waals surface area contributed by atoms with Gasteiger partial charge in [-0.05, 0) is 48.0 Å². The molecule has 0 aromatic heterocycles. The number of esters is 4. The fourth-order valence-electron chi connectivity index (χ4n) is 5.55. The van der Waals surface area contributed by atoms with E-state index in [1.807, 2.05) is 0 Å². The van der Waals surface area contributed by atoms with Crippen LogP contribution in [-0.2, 0) is 38.1 Å². The van der Waals surface area contributed by atoms with Crippen LogP contribution in [0.1, 0.15) is 68.2 Å². The maximum absolute atomic E-state index is 12.4. The third-order valence-corrected chi connectivity index (χ3v) is 7.37. The van der Waals surface area contributed by atoms with Crippen molar-refractivity contribution in [2.75, 3.05) is 6.61 Å². The Bertz CT molecular complexity index is 1080. The highest BCUT2D eigenvalue weighted by Crippen LogP contribution is 2.51. The molecule has 0 fully saturated rings. The largest absolute Gasteiger partial charge is 0.458 e. The van der Waals surface area contributed by atoms with E-state index in [0.717, 1.165) is 6.92 Å². The van der Waals surface area contributed by atoms with E-state index >= 15 is 0 Å². The van der Waals surface area contributed by atoms with Crippen molar-refractivity contribution in [2.24, 2.45) is 11.3 Å². The smallest absolute Gasteiger partial charge is 0.307 e. The highest BCUT2D eigenvalue weighted by atomic mass is 16.6. The van der Waals surface area contributed by atoms with E-state index in [4.69, 9.17) is 18.9 Å². The first kappa shape index (κ1) is 32.2. The summed E-state index contributed by atoms with van der Waals surface area (Å²) in [6.45, 7) is 11.0.